The molecule has 0 aliphatic carbocycles. The number of fused-ring (bicyclic) bond motifs is 1. The molecule has 0 N–H and O–H groups in total. The van der Waals surface area contributed by atoms with Gasteiger partial charge in [-0.2, -0.15) is 14.6 Å². The Labute approximate surface area is 135 Å². The SMILES string of the molecule is Clc1ccc2nnc(CCc3nc(-c4cccnc4)no3)n2n1. The van der Waals surface area contributed by atoms with Crippen LogP contribution in [-0.2, 0) is 12.8 Å². The van der Waals surface area contributed by atoms with Crippen LogP contribution in [0.4, 0.5) is 0 Å². The van der Waals surface area contributed by atoms with Gasteiger partial charge in [0.2, 0.25) is 11.7 Å². The highest BCUT2D eigenvalue weighted by atomic mass is 35.5. The minimum Gasteiger partial charge on any atom is -0.339 e. The molecule has 8 nitrogen and oxygen atoms in total. The average molecular weight is 328 g/mol. The Kier molecular flexibility index (Phi) is 3.43. The van der Waals surface area contributed by atoms with Crippen LogP contribution in [0, 0.1) is 0 Å². The zero-order valence-electron chi connectivity index (χ0n) is 11.8. The van der Waals surface area contributed by atoms with E-state index in [0.29, 0.717) is 41.2 Å². The van der Waals surface area contributed by atoms with Crippen LogP contribution < -0.4 is 0 Å². The summed E-state index contributed by atoms with van der Waals surface area (Å²) in [5, 5.41) is 16.7. The second-order valence-electron chi connectivity index (χ2n) is 4.80. The second-order valence-corrected chi connectivity index (χ2v) is 5.18. The van der Waals surface area contributed by atoms with E-state index in [0.717, 1.165) is 5.56 Å². The Morgan fingerprint density at radius 2 is 2.09 bits per heavy atom. The molecule has 4 aromatic rings. The highest BCUT2D eigenvalue weighted by molar-refractivity contribution is 6.29. The number of nitrogens with zero attached hydrogens (tertiary/aromatic N) is 7. The monoisotopic (exact) mass is 327 g/mol. The Balaban J connectivity index is 1.53. The molecule has 0 atom stereocenters. The molecule has 0 unspecified atom stereocenters. The maximum atomic E-state index is 5.90. The van der Waals surface area contributed by atoms with Gasteiger partial charge in [0.1, 0.15) is 5.15 Å². The number of hydrogen-bond acceptors (Lipinski definition) is 7. The van der Waals surface area contributed by atoms with E-state index < -0.39 is 0 Å². The number of rotatable bonds is 4. The number of pyridine rings is 1. The summed E-state index contributed by atoms with van der Waals surface area (Å²) in [4.78, 5) is 8.39. The summed E-state index contributed by atoms with van der Waals surface area (Å²) >= 11 is 5.90. The van der Waals surface area contributed by atoms with Crippen molar-refractivity contribution in [3.8, 4) is 11.4 Å². The highest BCUT2D eigenvalue weighted by Gasteiger charge is 2.12. The Bertz CT molecular complexity index is 950. The molecular weight excluding hydrogens is 318 g/mol. The van der Waals surface area contributed by atoms with Crippen LogP contribution in [0.25, 0.3) is 17.0 Å². The normalized spacial score (nSPS) is 11.2. The van der Waals surface area contributed by atoms with Gasteiger partial charge in [-0.05, 0) is 24.3 Å². The summed E-state index contributed by atoms with van der Waals surface area (Å²) in [6, 6.07) is 7.13. The lowest BCUT2D eigenvalue weighted by molar-refractivity contribution is 0.377. The van der Waals surface area contributed by atoms with Crippen molar-refractivity contribution in [1.29, 1.82) is 0 Å². The highest BCUT2D eigenvalue weighted by Crippen LogP contribution is 2.15. The summed E-state index contributed by atoms with van der Waals surface area (Å²) in [6.07, 6.45) is 4.47. The van der Waals surface area contributed by atoms with Gasteiger partial charge in [0, 0.05) is 30.8 Å². The van der Waals surface area contributed by atoms with Crippen molar-refractivity contribution in [2.75, 3.05) is 0 Å². The molecule has 4 aromatic heterocycles. The lowest BCUT2D eigenvalue weighted by Gasteiger charge is -1.97. The van der Waals surface area contributed by atoms with Crippen LogP contribution in [0.15, 0.2) is 41.2 Å². The summed E-state index contributed by atoms with van der Waals surface area (Å²) in [6.45, 7) is 0. The fraction of sp³-hybridized carbons (Fsp3) is 0.143. The molecule has 0 aliphatic heterocycles. The number of aryl methyl sites for hydroxylation is 2. The fourth-order valence-corrected chi connectivity index (χ4v) is 2.29. The zero-order valence-corrected chi connectivity index (χ0v) is 12.6. The van der Waals surface area contributed by atoms with Crippen LogP contribution in [0.3, 0.4) is 0 Å². The van der Waals surface area contributed by atoms with Crippen molar-refractivity contribution >= 4 is 17.2 Å². The molecule has 0 amide bonds. The van der Waals surface area contributed by atoms with E-state index in [1.54, 1.807) is 29.0 Å². The quantitative estimate of drug-likeness (QED) is 0.565. The van der Waals surface area contributed by atoms with Gasteiger partial charge in [0.25, 0.3) is 0 Å². The zero-order chi connectivity index (χ0) is 15.6. The van der Waals surface area contributed by atoms with E-state index in [-0.39, 0.29) is 0 Å². The van der Waals surface area contributed by atoms with E-state index in [2.05, 4.69) is 30.4 Å². The minimum absolute atomic E-state index is 0.384. The molecule has 4 rings (SSSR count). The van der Waals surface area contributed by atoms with Crippen molar-refractivity contribution in [3.05, 3.63) is 53.5 Å². The van der Waals surface area contributed by atoms with Crippen LogP contribution in [0.2, 0.25) is 5.15 Å². The first-order valence-corrected chi connectivity index (χ1v) is 7.27. The van der Waals surface area contributed by atoms with Crippen molar-refractivity contribution in [1.82, 2.24) is 34.9 Å². The molecule has 0 spiro atoms. The smallest absolute Gasteiger partial charge is 0.227 e. The first-order chi connectivity index (χ1) is 11.3. The number of hydrogen-bond donors (Lipinski definition) is 0. The maximum Gasteiger partial charge on any atom is 0.227 e. The summed E-state index contributed by atoms with van der Waals surface area (Å²) in [5.74, 6) is 1.71. The van der Waals surface area contributed by atoms with Gasteiger partial charge in [0.15, 0.2) is 11.5 Å². The number of halogens is 1. The lowest BCUT2D eigenvalue weighted by atomic mass is 10.2. The third-order valence-corrected chi connectivity index (χ3v) is 3.45. The molecule has 9 heteroatoms. The molecular formula is C14H10ClN7O. The molecule has 0 aliphatic rings. The minimum atomic E-state index is 0.384. The molecule has 114 valence electrons. The van der Waals surface area contributed by atoms with Crippen LogP contribution >= 0.6 is 11.6 Å². The molecule has 0 radical (unpaired) electrons. The maximum absolute atomic E-state index is 5.90. The molecule has 0 bridgehead atoms. The molecule has 0 saturated heterocycles. The first-order valence-electron chi connectivity index (χ1n) is 6.89. The van der Waals surface area contributed by atoms with Gasteiger partial charge in [-0.3, -0.25) is 4.98 Å². The van der Waals surface area contributed by atoms with Crippen LogP contribution in [0.1, 0.15) is 11.7 Å². The molecule has 0 fully saturated rings. The Morgan fingerprint density at radius 3 is 2.96 bits per heavy atom. The second kappa shape index (κ2) is 5.73. The predicted octanol–water partition coefficient (Wildman–Crippen LogP) is 2.01. The topological polar surface area (TPSA) is 94.9 Å². The van der Waals surface area contributed by atoms with E-state index in [1.165, 1.54) is 0 Å². The van der Waals surface area contributed by atoms with Gasteiger partial charge < -0.3 is 4.52 Å². The summed E-state index contributed by atoms with van der Waals surface area (Å²) < 4.78 is 6.87. The largest absolute Gasteiger partial charge is 0.339 e. The fourth-order valence-electron chi connectivity index (χ4n) is 2.15. The standard InChI is InChI=1S/C14H10ClN7O/c15-10-3-4-11-18-19-12(22(11)20-10)5-6-13-17-14(21-23-13)9-2-1-7-16-8-9/h1-4,7-8H,5-6H2. The van der Waals surface area contributed by atoms with Crippen LogP contribution in [0.5, 0.6) is 0 Å². The van der Waals surface area contributed by atoms with Gasteiger partial charge in [-0.1, -0.05) is 16.8 Å². The number of aromatic nitrogens is 7. The van der Waals surface area contributed by atoms with Gasteiger partial charge in [0.05, 0.1) is 0 Å². The van der Waals surface area contributed by atoms with Gasteiger partial charge >= 0.3 is 0 Å². The third-order valence-electron chi connectivity index (χ3n) is 3.25. The van der Waals surface area contributed by atoms with Crippen molar-refractivity contribution in [2.24, 2.45) is 0 Å². The molecule has 0 aromatic carbocycles. The van der Waals surface area contributed by atoms with E-state index >= 15 is 0 Å². The third kappa shape index (κ3) is 2.76. The molecule has 0 saturated carbocycles. The first kappa shape index (κ1) is 13.8. The van der Waals surface area contributed by atoms with Crippen molar-refractivity contribution in [2.45, 2.75) is 12.8 Å². The Hall–Kier alpha value is -2.87. The van der Waals surface area contributed by atoms with E-state index in [1.807, 2.05) is 12.1 Å². The van der Waals surface area contributed by atoms with E-state index in [9.17, 15) is 0 Å². The van der Waals surface area contributed by atoms with E-state index in [4.69, 9.17) is 16.1 Å². The Morgan fingerprint density at radius 1 is 1.13 bits per heavy atom. The molecule has 23 heavy (non-hydrogen) atoms. The van der Waals surface area contributed by atoms with Crippen LogP contribution in [-0.4, -0.2) is 34.9 Å². The van der Waals surface area contributed by atoms with Gasteiger partial charge in [-0.15, -0.1) is 10.2 Å². The molecule has 4 heterocycles. The van der Waals surface area contributed by atoms with Crippen molar-refractivity contribution in [3.63, 3.8) is 0 Å². The summed E-state index contributed by atoms with van der Waals surface area (Å²) in [5.41, 5.74) is 1.45. The van der Waals surface area contributed by atoms with Gasteiger partial charge in [-0.25, -0.2) is 0 Å². The summed E-state index contributed by atoms with van der Waals surface area (Å²) in [7, 11) is 0. The average Bonchev–Trinajstić information content (AvgIpc) is 3.20. The van der Waals surface area contributed by atoms with Crippen molar-refractivity contribution < 1.29 is 4.52 Å². The predicted molar refractivity (Wildman–Crippen MR) is 80.7 cm³/mol. The lowest BCUT2D eigenvalue weighted by Crippen LogP contribution is -2.01.